The molecule has 0 aromatic carbocycles. The van der Waals surface area contributed by atoms with Crippen molar-refractivity contribution in [1.82, 2.24) is 0 Å². The van der Waals surface area contributed by atoms with E-state index >= 15 is 0 Å². The Kier molecular flexibility index (Phi) is 22.7. The Morgan fingerprint density at radius 2 is 1.07 bits per heavy atom. The predicted molar refractivity (Wildman–Crippen MR) is 124 cm³/mol. The van der Waals surface area contributed by atoms with Crippen LogP contribution in [0.4, 0.5) is 0 Å². The lowest BCUT2D eigenvalue weighted by molar-refractivity contribution is -0.149. The maximum absolute atomic E-state index is 12.0. The first kappa shape index (κ1) is 28.1. The van der Waals surface area contributed by atoms with Gasteiger partial charge in [0.2, 0.25) is 6.29 Å². The van der Waals surface area contributed by atoms with Gasteiger partial charge in [-0.15, -0.1) is 0 Å². The molecule has 0 heterocycles. The molecule has 0 rings (SSSR count). The van der Waals surface area contributed by atoms with Crippen LogP contribution >= 0.6 is 0 Å². The first-order valence-corrected chi connectivity index (χ1v) is 12.8. The van der Waals surface area contributed by atoms with E-state index in [2.05, 4.69) is 13.8 Å². The number of ether oxygens (including phenoxy) is 1. The molecular formula is C26H49O3. The monoisotopic (exact) mass is 409 g/mol. The fourth-order valence-corrected chi connectivity index (χ4v) is 3.80. The highest BCUT2D eigenvalue weighted by molar-refractivity contribution is 5.69. The fraction of sp³-hybridized carbons (Fsp3) is 0.923. The van der Waals surface area contributed by atoms with Crippen molar-refractivity contribution < 1.29 is 14.3 Å². The molecule has 0 N–H and O–H groups in total. The van der Waals surface area contributed by atoms with Gasteiger partial charge in [0.1, 0.15) is 6.10 Å². The summed E-state index contributed by atoms with van der Waals surface area (Å²) in [5.74, 6) is -0.135. The Bertz CT molecular complexity index is 354. The molecule has 0 amide bonds. The third-order valence-electron chi connectivity index (χ3n) is 5.72. The van der Waals surface area contributed by atoms with Gasteiger partial charge < -0.3 is 4.74 Å². The van der Waals surface area contributed by atoms with Crippen molar-refractivity contribution in [3.63, 3.8) is 0 Å². The largest absolute Gasteiger partial charge is 0.462 e. The van der Waals surface area contributed by atoms with Crippen LogP contribution in [0.1, 0.15) is 149 Å². The molecule has 0 saturated heterocycles. The summed E-state index contributed by atoms with van der Waals surface area (Å²) in [5.41, 5.74) is 0. The number of esters is 1. The summed E-state index contributed by atoms with van der Waals surface area (Å²) in [4.78, 5) is 22.8. The van der Waals surface area contributed by atoms with E-state index in [4.69, 9.17) is 4.74 Å². The second kappa shape index (κ2) is 23.4. The summed E-state index contributed by atoms with van der Waals surface area (Å²) in [6, 6.07) is 0. The quantitative estimate of drug-likeness (QED) is 0.126. The molecule has 0 aliphatic rings. The molecule has 3 nitrogen and oxygen atoms in total. The van der Waals surface area contributed by atoms with E-state index in [9.17, 15) is 9.59 Å². The summed E-state index contributed by atoms with van der Waals surface area (Å²) in [6.45, 7) is 4.48. The topological polar surface area (TPSA) is 43.4 Å². The van der Waals surface area contributed by atoms with Crippen LogP contribution in [0.3, 0.4) is 0 Å². The summed E-state index contributed by atoms with van der Waals surface area (Å²) < 4.78 is 5.53. The van der Waals surface area contributed by atoms with E-state index in [0.717, 1.165) is 32.1 Å². The molecule has 1 radical (unpaired) electrons. The van der Waals surface area contributed by atoms with Crippen LogP contribution in [-0.2, 0) is 14.3 Å². The molecule has 0 fully saturated rings. The molecule has 1 unspecified atom stereocenters. The van der Waals surface area contributed by atoms with Gasteiger partial charge in [0.15, 0.2) is 0 Å². The Balaban J connectivity index is 3.58. The molecule has 0 aromatic heterocycles. The zero-order valence-corrected chi connectivity index (χ0v) is 19.7. The zero-order chi connectivity index (χ0) is 21.4. The number of carbonyl (C=O) groups is 1. The molecule has 0 bridgehead atoms. The lowest BCUT2D eigenvalue weighted by atomic mass is 10.0. The van der Waals surface area contributed by atoms with Crippen molar-refractivity contribution in [2.24, 2.45) is 0 Å². The van der Waals surface area contributed by atoms with Gasteiger partial charge in [0.05, 0.1) is 6.42 Å². The van der Waals surface area contributed by atoms with Crippen molar-refractivity contribution in [2.75, 3.05) is 0 Å². The van der Waals surface area contributed by atoms with E-state index in [1.54, 1.807) is 0 Å². The maximum Gasteiger partial charge on any atom is 0.306 e. The average Bonchev–Trinajstić information content (AvgIpc) is 2.71. The van der Waals surface area contributed by atoms with Gasteiger partial charge in [-0.2, -0.15) is 0 Å². The lowest BCUT2D eigenvalue weighted by Crippen LogP contribution is -2.18. The summed E-state index contributed by atoms with van der Waals surface area (Å²) in [6.07, 6.45) is 25.8. The minimum absolute atomic E-state index is 0.135. The molecule has 0 saturated carbocycles. The molecule has 29 heavy (non-hydrogen) atoms. The van der Waals surface area contributed by atoms with Gasteiger partial charge in [0, 0.05) is 6.42 Å². The normalized spacial score (nSPS) is 12.1. The molecule has 1 atom stereocenters. The second-order valence-corrected chi connectivity index (χ2v) is 8.66. The second-order valence-electron chi connectivity index (χ2n) is 8.66. The molecule has 0 aliphatic carbocycles. The van der Waals surface area contributed by atoms with Gasteiger partial charge >= 0.3 is 5.97 Å². The van der Waals surface area contributed by atoms with Crippen molar-refractivity contribution >= 4 is 12.3 Å². The standard InChI is InChI=1S/C26H49O3/c1-3-5-7-9-11-12-13-14-16-18-20-22-26(28)29-25(23-24-27)21-19-17-15-10-8-6-4-2/h25H,3-23H2,1-2H3. The fourth-order valence-electron chi connectivity index (χ4n) is 3.80. The van der Waals surface area contributed by atoms with E-state index in [-0.39, 0.29) is 18.5 Å². The Morgan fingerprint density at radius 1 is 0.655 bits per heavy atom. The third-order valence-corrected chi connectivity index (χ3v) is 5.72. The predicted octanol–water partition coefficient (Wildman–Crippen LogP) is 8.24. The zero-order valence-electron chi connectivity index (χ0n) is 19.7. The Hall–Kier alpha value is -0.860. The van der Waals surface area contributed by atoms with Crippen LogP contribution in [-0.4, -0.2) is 18.4 Å². The highest BCUT2D eigenvalue weighted by atomic mass is 16.5. The highest BCUT2D eigenvalue weighted by Crippen LogP contribution is 2.15. The van der Waals surface area contributed by atoms with Crippen molar-refractivity contribution in [3.8, 4) is 0 Å². The first-order chi connectivity index (χ1) is 14.2. The minimum atomic E-state index is -0.261. The molecule has 0 aliphatic heterocycles. The average molecular weight is 410 g/mol. The lowest BCUT2D eigenvalue weighted by Gasteiger charge is -2.15. The van der Waals surface area contributed by atoms with Crippen LogP contribution in [0.5, 0.6) is 0 Å². The van der Waals surface area contributed by atoms with Gasteiger partial charge in [-0.05, 0) is 19.3 Å². The van der Waals surface area contributed by atoms with E-state index < -0.39 is 0 Å². The molecular weight excluding hydrogens is 360 g/mol. The van der Waals surface area contributed by atoms with Crippen molar-refractivity contribution in [2.45, 2.75) is 155 Å². The number of hydrogen-bond acceptors (Lipinski definition) is 3. The van der Waals surface area contributed by atoms with Crippen molar-refractivity contribution in [3.05, 3.63) is 0 Å². The van der Waals surface area contributed by atoms with E-state index in [1.807, 2.05) is 6.29 Å². The summed E-state index contributed by atoms with van der Waals surface area (Å²) >= 11 is 0. The van der Waals surface area contributed by atoms with E-state index in [1.165, 1.54) is 89.9 Å². The highest BCUT2D eigenvalue weighted by Gasteiger charge is 2.14. The number of rotatable bonds is 23. The van der Waals surface area contributed by atoms with Gasteiger partial charge in [0.25, 0.3) is 0 Å². The SMILES string of the molecule is CCCCCCCCCCCCCC(=O)OC(C[C]=O)CCCCCCCCC. The van der Waals surface area contributed by atoms with E-state index in [0.29, 0.717) is 6.42 Å². The van der Waals surface area contributed by atoms with Gasteiger partial charge in [-0.25, -0.2) is 0 Å². The summed E-state index contributed by atoms with van der Waals surface area (Å²) in [5, 5.41) is 0. The number of unbranched alkanes of at least 4 members (excludes halogenated alkanes) is 16. The molecule has 3 heteroatoms. The Morgan fingerprint density at radius 3 is 1.52 bits per heavy atom. The number of carbonyl (C=O) groups excluding carboxylic acids is 2. The van der Waals surface area contributed by atoms with Crippen molar-refractivity contribution in [1.29, 1.82) is 0 Å². The third kappa shape index (κ3) is 21.7. The van der Waals surface area contributed by atoms with Crippen LogP contribution in [0.15, 0.2) is 0 Å². The van der Waals surface area contributed by atoms with Crippen LogP contribution in [0, 0.1) is 0 Å². The molecule has 0 aromatic rings. The first-order valence-electron chi connectivity index (χ1n) is 12.8. The van der Waals surface area contributed by atoms with Crippen LogP contribution in [0.25, 0.3) is 0 Å². The Labute approximate surface area is 181 Å². The smallest absolute Gasteiger partial charge is 0.306 e. The summed E-state index contributed by atoms with van der Waals surface area (Å²) in [7, 11) is 0. The number of hydrogen-bond donors (Lipinski definition) is 0. The molecule has 171 valence electrons. The maximum atomic E-state index is 12.0. The van der Waals surface area contributed by atoms with Crippen LogP contribution in [0.2, 0.25) is 0 Å². The van der Waals surface area contributed by atoms with Crippen LogP contribution < -0.4 is 0 Å². The van der Waals surface area contributed by atoms with Gasteiger partial charge in [-0.1, -0.05) is 117 Å². The van der Waals surface area contributed by atoms with Gasteiger partial charge in [-0.3, -0.25) is 9.59 Å². The minimum Gasteiger partial charge on any atom is -0.462 e. The molecule has 0 spiro atoms.